The number of amides is 1. The number of anilines is 1. The summed E-state index contributed by atoms with van der Waals surface area (Å²) in [7, 11) is 0. The summed E-state index contributed by atoms with van der Waals surface area (Å²) in [4.78, 5) is 11.2. The average molecular weight is 248 g/mol. The summed E-state index contributed by atoms with van der Waals surface area (Å²) in [6, 6.07) is 6.36. The van der Waals surface area contributed by atoms with Gasteiger partial charge in [0.05, 0.1) is 5.69 Å². The minimum atomic E-state index is -0.560. The summed E-state index contributed by atoms with van der Waals surface area (Å²) in [5, 5.41) is 3.42. The van der Waals surface area contributed by atoms with Gasteiger partial charge >= 0.3 is 0 Å². The zero-order chi connectivity index (χ0) is 13.1. The molecule has 1 amide bonds. The van der Waals surface area contributed by atoms with Gasteiger partial charge in [0.1, 0.15) is 5.75 Å². The van der Waals surface area contributed by atoms with Crippen LogP contribution in [-0.2, 0) is 11.2 Å². The summed E-state index contributed by atoms with van der Waals surface area (Å²) in [6.07, 6.45) is 2.17. The number of ether oxygens (including phenoxy) is 1. The van der Waals surface area contributed by atoms with E-state index in [1.807, 2.05) is 19.1 Å². The molecule has 2 atom stereocenters. The van der Waals surface area contributed by atoms with Crippen LogP contribution in [0.2, 0.25) is 0 Å². The van der Waals surface area contributed by atoms with Gasteiger partial charge in [0, 0.05) is 6.04 Å². The van der Waals surface area contributed by atoms with Crippen LogP contribution in [0.25, 0.3) is 0 Å². The first-order valence-electron chi connectivity index (χ1n) is 6.46. The van der Waals surface area contributed by atoms with Gasteiger partial charge in [0.25, 0.3) is 5.91 Å². The molecule has 0 spiro atoms. The highest BCUT2D eigenvalue weighted by Gasteiger charge is 2.21. The first kappa shape index (κ1) is 12.7. The summed E-state index contributed by atoms with van der Waals surface area (Å²) in [6.45, 7) is 4.03. The maximum Gasteiger partial charge on any atom is 0.258 e. The number of hydrogen-bond acceptors (Lipinski definition) is 3. The first-order valence-corrected chi connectivity index (χ1v) is 6.46. The minimum Gasteiger partial charge on any atom is -0.478 e. The van der Waals surface area contributed by atoms with E-state index in [4.69, 9.17) is 10.5 Å². The number of nitrogens with one attached hydrogen (secondary N) is 1. The Kier molecular flexibility index (Phi) is 3.75. The first-order chi connectivity index (χ1) is 8.61. The number of carbonyl (C=O) groups is 1. The van der Waals surface area contributed by atoms with Gasteiger partial charge in [-0.1, -0.05) is 19.1 Å². The highest BCUT2D eigenvalue weighted by molar-refractivity contribution is 5.79. The van der Waals surface area contributed by atoms with E-state index in [1.54, 1.807) is 0 Å². The molecule has 3 N–H and O–H groups in total. The lowest BCUT2D eigenvalue weighted by atomic mass is 9.98. The number of hydrogen-bond donors (Lipinski definition) is 2. The van der Waals surface area contributed by atoms with Gasteiger partial charge in [0.15, 0.2) is 6.10 Å². The van der Waals surface area contributed by atoms with E-state index in [-0.39, 0.29) is 0 Å². The third-order valence-electron chi connectivity index (χ3n) is 3.31. The number of carbonyl (C=O) groups excluding carboxylic acids is 1. The monoisotopic (exact) mass is 248 g/mol. The SMILES string of the molecule is CCC(Oc1cccc2c1NC(C)CC2)C(N)=O. The van der Waals surface area contributed by atoms with Gasteiger partial charge in [0.2, 0.25) is 0 Å². The van der Waals surface area contributed by atoms with E-state index in [0.717, 1.165) is 24.3 Å². The Morgan fingerprint density at radius 1 is 1.61 bits per heavy atom. The molecule has 0 saturated heterocycles. The predicted molar refractivity (Wildman–Crippen MR) is 71.7 cm³/mol. The molecule has 1 heterocycles. The number of aryl methyl sites for hydroxylation is 1. The maximum absolute atomic E-state index is 11.2. The van der Waals surface area contributed by atoms with Crippen molar-refractivity contribution in [2.24, 2.45) is 5.73 Å². The van der Waals surface area contributed by atoms with E-state index in [1.165, 1.54) is 5.56 Å². The van der Waals surface area contributed by atoms with Crippen LogP contribution in [0.1, 0.15) is 32.3 Å². The topological polar surface area (TPSA) is 64.3 Å². The fourth-order valence-electron chi connectivity index (χ4n) is 2.23. The number of benzene rings is 1. The molecule has 0 saturated carbocycles. The van der Waals surface area contributed by atoms with Crippen LogP contribution in [-0.4, -0.2) is 18.1 Å². The standard InChI is InChI=1S/C14H20N2O2/c1-3-11(14(15)17)18-12-6-4-5-10-8-7-9(2)16-13(10)12/h4-6,9,11,16H,3,7-8H2,1-2H3,(H2,15,17). The normalized spacial score (nSPS) is 19.6. The molecule has 0 radical (unpaired) electrons. The summed E-state index contributed by atoms with van der Waals surface area (Å²) in [5.74, 6) is 0.309. The van der Waals surface area contributed by atoms with Crippen LogP contribution in [0.3, 0.4) is 0 Å². The molecule has 0 aromatic heterocycles. The fraction of sp³-hybridized carbons (Fsp3) is 0.500. The van der Waals surface area contributed by atoms with Crippen molar-refractivity contribution in [1.82, 2.24) is 0 Å². The van der Waals surface area contributed by atoms with Gasteiger partial charge in [-0.3, -0.25) is 4.79 Å². The van der Waals surface area contributed by atoms with Crippen molar-refractivity contribution in [3.05, 3.63) is 23.8 Å². The molecule has 4 nitrogen and oxygen atoms in total. The molecule has 2 rings (SSSR count). The highest BCUT2D eigenvalue weighted by atomic mass is 16.5. The maximum atomic E-state index is 11.2. The van der Waals surface area contributed by atoms with Crippen LogP contribution in [0.4, 0.5) is 5.69 Å². The molecule has 1 aromatic carbocycles. The van der Waals surface area contributed by atoms with Crippen LogP contribution in [0.15, 0.2) is 18.2 Å². The fourth-order valence-corrected chi connectivity index (χ4v) is 2.23. The summed E-state index contributed by atoms with van der Waals surface area (Å²) in [5.41, 5.74) is 7.56. The molecule has 0 bridgehead atoms. The summed E-state index contributed by atoms with van der Waals surface area (Å²) >= 11 is 0. The highest BCUT2D eigenvalue weighted by Crippen LogP contribution is 2.34. The Hall–Kier alpha value is -1.71. The van der Waals surface area contributed by atoms with Gasteiger partial charge < -0.3 is 15.8 Å². The van der Waals surface area contributed by atoms with Crippen molar-refractivity contribution in [3.63, 3.8) is 0 Å². The van der Waals surface area contributed by atoms with E-state index in [9.17, 15) is 4.79 Å². The van der Waals surface area contributed by atoms with E-state index in [0.29, 0.717) is 12.5 Å². The second-order valence-corrected chi connectivity index (χ2v) is 4.79. The molecular weight excluding hydrogens is 228 g/mol. The largest absolute Gasteiger partial charge is 0.478 e. The number of nitrogens with two attached hydrogens (primary N) is 1. The smallest absolute Gasteiger partial charge is 0.258 e. The van der Waals surface area contributed by atoms with Gasteiger partial charge in [-0.15, -0.1) is 0 Å². The number of fused-ring (bicyclic) bond motifs is 1. The second kappa shape index (κ2) is 5.29. The molecule has 1 aromatic rings. The molecule has 4 heteroatoms. The van der Waals surface area contributed by atoms with Crippen molar-refractivity contribution in [1.29, 1.82) is 0 Å². The van der Waals surface area contributed by atoms with E-state index in [2.05, 4.69) is 18.3 Å². The number of rotatable bonds is 4. The van der Waals surface area contributed by atoms with E-state index < -0.39 is 12.0 Å². The Labute approximate surface area is 108 Å². The van der Waals surface area contributed by atoms with Crippen molar-refractivity contribution in [3.8, 4) is 5.75 Å². The quantitative estimate of drug-likeness (QED) is 0.857. The number of primary amides is 1. The van der Waals surface area contributed by atoms with Crippen LogP contribution in [0, 0.1) is 0 Å². The third kappa shape index (κ3) is 2.58. The number of para-hydroxylation sites is 1. The van der Waals surface area contributed by atoms with Crippen LogP contribution in [0.5, 0.6) is 5.75 Å². The predicted octanol–water partition coefficient (Wildman–Crippen LogP) is 2.08. The molecule has 18 heavy (non-hydrogen) atoms. The van der Waals surface area contributed by atoms with Crippen molar-refractivity contribution >= 4 is 11.6 Å². The molecule has 2 unspecified atom stereocenters. The third-order valence-corrected chi connectivity index (χ3v) is 3.31. The molecular formula is C14H20N2O2. The van der Waals surface area contributed by atoms with Crippen LogP contribution < -0.4 is 15.8 Å². The molecule has 0 aliphatic carbocycles. The Morgan fingerprint density at radius 3 is 3.06 bits per heavy atom. The van der Waals surface area contributed by atoms with Gasteiger partial charge in [-0.05, 0) is 37.8 Å². The van der Waals surface area contributed by atoms with Crippen molar-refractivity contribution < 1.29 is 9.53 Å². The molecule has 98 valence electrons. The minimum absolute atomic E-state index is 0.418. The summed E-state index contributed by atoms with van der Waals surface area (Å²) < 4.78 is 5.73. The van der Waals surface area contributed by atoms with Crippen molar-refractivity contribution in [2.45, 2.75) is 45.3 Å². The second-order valence-electron chi connectivity index (χ2n) is 4.79. The van der Waals surface area contributed by atoms with Gasteiger partial charge in [-0.2, -0.15) is 0 Å². The Bertz CT molecular complexity index is 445. The molecule has 1 aliphatic heterocycles. The zero-order valence-corrected chi connectivity index (χ0v) is 10.9. The Morgan fingerprint density at radius 2 is 2.39 bits per heavy atom. The average Bonchev–Trinajstić information content (AvgIpc) is 2.35. The van der Waals surface area contributed by atoms with Gasteiger partial charge in [-0.25, -0.2) is 0 Å². The lowest BCUT2D eigenvalue weighted by molar-refractivity contribution is -0.124. The zero-order valence-electron chi connectivity index (χ0n) is 10.9. The molecule has 1 aliphatic rings. The molecule has 0 fully saturated rings. The van der Waals surface area contributed by atoms with Crippen LogP contribution >= 0.6 is 0 Å². The Balaban J connectivity index is 2.25. The van der Waals surface area contributed by atoms with Crippen molar-refractivity contribution in [2.75, 3.05) is 5.32 Å². The lowest BCUT2D eigenvalue weighted by Crippen LogP contribution is -2.33. The van der Waals surface area contributed by atoms with E-state index >= 15 is 0 Å². The lowest BCUT2D eigenvalue weighted by Gasteiger charge is -2.27.